The van der Waals surface area contributed by atoms with Gasteiger partial charge in [0.05, 0.1) is 12.3 Å². The van der Waals surface area contributed by atoms with Gasteiger partial charge in [0.1, 0.15) is 11.4 Å². The summed E-state index contributed by atoms with van der Waals surface area (Å²) < 4.78 is 10.8. The van der Waals surface area contributed by atoms with E-state index in [0.717, 1.165) is 18.8 Å². The largest absolute Gasteiger partial charge is 0.468 e. The van der Waals surface area contributed by atoms with Gasteiger partial charge in [-0.05, 0) is 39.8 Å². The van der Waals surface area contributed by atoms with E-state index < -0.39 is 5.60 Å². The Morgan fingerprint density at radius 1 is 1.30 bits per heavy atom. The summed E-state index contributed by atoms with van der Waals surface area (Å²) in [5.74, 6) is 0.968. The smallest absolute Gasteiger partial charge is 0.410 e. The first-order valence-electron chi connectivity index (χ1n) is 7.12. The van der Waals surface area contributed by atoms with Gasteiger partial charge >= 0.3 is 6.09 Å². The maximum atomic E-state index is 12.0. The average molecular weight is 280 g/mol. The maximum Gasteiger partial charge on any atom is 0.410 e. The van der Waals surface area contributed by atoms with E-state index in [-0.39, 0.29) is 12.1 Å². The van der Waals surface area contributed by atoms with E-state index >= 15 is 0 Å². The molecule has 1 amide bonds. The Labute approximate surface area is 120 Å². The Kier molecular flexibility index (Phi) is 4.38. The normalized spacial score (nSPS) is 18.9. The van der Waals surface area contributed by atoms with Gasteiger partial charge in [0.25, 0.3) is 0 Å². The zero-order valence-corrected chi connectivity index (χ0v) is 12.8. The molecule has 0 unspecified atom stereocenters. The van der Waals surface area contributed by atoms with Gasteiger partial charge in [0.2, 0.25) is 0 Å². The Bertz CT molecular complexity index is 428. The topological polar surface area (TPSA) is 45.9 Å². The standard InChI is InChI=1S/C15H24N2O3/c1-12(13-6-5-11-19-13)16-7-9-17(10-8-16)14(18)20-15(2,3)4/h5-6,11-12H,7-10H2,1-4H3/t12-/m1/s1. The van der Waals surface area contributed by atoms with Crippen molar-refractivity contribution in [1.29, 1.82) is 0 Å². The molecular formula is C15H24N2O3. The van der Waals surface area contributed by atoms with Crippen LogP contribution in [0.2, 0.25) is 0 Å². The molecule has 0 saturated carbocycles. The van der Waals surface area contributed by atoms with Gasteiger partial charge in [-0.25, -0.2) is 4.79 Å². The van der Waals surface area contributed by atoms with Crippen LogP contribution in [0.3, 0.4) is 0 Å². The molecule has 5 heteroatoms. The summed E-state index contributed by atoms with van der Waals surface area (Å²) in [6, 6.07) is 4.14. The predicted molar refractivity (Wildman–Crippen MR) is 76.5 cm³/mol. The molecule has 1 aliphatic rings. The van der Waals surface area contributed by atoms with Crippen LogP contribution in [-0.2, 0) is 4.74 Å². The first kappa shape index (κ1) is 14.9. The number of rotatable bonds is 2. The van der Waals surface area contributed by atoms with E-state index in [2.05, 4.69) is 11.8 Å². The molecule has 1 fully saturated rings. The number of furan rings is 1. The summed E-state index contributed by atoms with van der Waals surface area (Å²) in [5.41, 5.74) is -0.435. The van der Waals surface area contributed by atoms with Crippen LogP contribution in [0.15, 0.2) is 22.8 Å². The molecule has 0 radical (unpaired) electrons. The molecule has 1 aliphatic heterocycles. The Balaban J connectivity index is 1.85. The summed E-state index contributed by atoms with van der Waals surface area (Å²) in [5, 5.41) is 0. The highest BCUT2D eigenvalue weighted by atomic mass is 16.6. The molecule has 0 spiro atoms. The van der Waals surface area contributed by atoms with Crippen molar-refractivity contribution in [3.63, 3.8) is 0 Å². The number of carbonyl (C=O) groups is 1. The van der Waals surface area contributed by atoms with Crippen LogP contribution in [0, 0.1) is 0 Å². The van der Waals surface area contributed by atoms with Crippen LogP contribution in [0.5, 0.6) is 0 Å². The Hall–Kier alpha value is -1.49. The molecule has 0 bridgehead atoms. The average Bonchev–Trinajstić information content (AvgIpc) is 2.90. The molecule has 5 nitrogen and oxygen atoms in total. The molecule has 2 heterocycles. The third-order valence-electron chi connectivity index (χ3n) is 3.47. The van der Waals surface area contributed by atoms with Crippen molar-refractivity contribution in [3.05, 3.63) is 24.2 Å². The summed E-state index contributed by atoms with van der Waals surface area (Å²) in [4.78, 5) is 16.1. The molecule has 1 aromatic heterocycles. The van der Waals surface area contributed by atoms with Gasteiger partial charge in [0, 0.05) is 26.2 Å². The van der Waals surface area contributed by atoms with E-state index in [0.29, 0.717) is 13.1 Å². The highest BCUT2D eigenvalue weighted by Crippen LogP contribution is 2.22. The lowest BCUT2D eigenvalue weighted by molar-refractivity contribution is 0.0101. The minimum Gasteiger partial charge on any atom is -0.468 e. The summed E-state index contributed by atoms with van der Waals surface area (Å²) in [7, 11) is 0. The lowest BCUT2D eigenvalue weighted by Gasteiger charge is -2.37. The van der Waals surface area contributed by atoms with Crippen molar-refractivity contribution in [2.24, 2.45) is 0 Å². The van der Waals surface area contributed by atoms with E-state index in [1.165, 1.54) is 0 Å². The van der Waals surface area contributed by atoms with E-state index in [1.807, 2.05) is 32.9 Å². The number of ether oxygens (including phenoxy) is 1. The lowest BCUT2D eigenvalue weighted by Crippen LogP contribution is -2.50. The number of amides is 1. The van der Waals surface area contributed by atoms with Gasteiger partial charge in [-0.15, -0.1) is 0 Å². The van der Waals surface area contributed by atoms with Gasteiger partial charge in [0.15, 0.2) is 0 Å². The number of carbonyl (C=O) groups excluding carboxylic acids is 1. The number of hydrogen-bond acceptors (Lipinski definition) is 4. The number of piperazine rings is 1. The lowest BCUT2D eigenvalue weighted by atomic mass is 10.2. The molecule has 1 atom stereocenters. The molecule has 0 aliphatic carbocycles. The van der Waals surface area contributed by atoms with Crippen molar-refractivity contribution >= 4 is 6.09 Å². The molecule has 1 saturated heterocycles. The maximum absolute atomic E-state index is 12.0. The quantitative estimate of drug-likeness (QED) is 0.835. The van der Waals surface area contributed by atoms with Crippen LogP contribution >= 0.6 is 0 Å². The second-order valence-corrected chi connectivity index (χ2v) is 6.19. The number of hydrogen-bond donors (Lipinski definition) is 0. The molecule has 112 valence electrons. The molecule has 1 aromatic rings. The second kappa shape index (κ2) is 5.87. The first-order valence-corrected chi connectivity index (χ1v) is 7.12. The van der Waals surface area contributed by atoms with E-state index in [9.17, 15) is 4.79 Å². The fourth-order valence-electron chi connectivity index (χ4n) is 2.33. The minimum atomic E-state index is -0.435. The second-order valence-electron chi connectivity index (χ2n) is 6.19. The van der Waals surface area contributed by atoms with Crippen LogP contribution in [-0.4, -0.2) is 47.7 Å². The molecule has 0 N–H and O–H groups in total. The van der Waals surface area contributed by atoms with Crippen LogP contribution in [0.1, 0.15) is 39.5 Å². The van der Waals surface area contributed by atoms with Crippen LogP contribution < -0.4 is 0 Å². The first-order chi connectivity index (χ1) is 9.37. The zero-order valence-electron chi connectivity index (χ0n) is 12.8. The van der Waals surface area contributed by atoms with E-state index in [4.69, 9.17) is 9.15 Å². The van der Waals surface area contributed by atoms with Gasteiger partial charge < -0.3 is 14.1 Å². The Morgan fingerprint density at radius 2 is 1.95 bits per heavy atom. The monoisotopic (exact) mass is 280 g/mol. The summed E-state index contributed by atoms with van der Waals surface area (Å²) >= 11 is 0. The number of nitrogens with zero attached hydrogens (tertiary/aromatic N) is 2. The highest BCUT2D eigenvalue weighted by molar-refractivity contribution is 5.68. The molecular weight excluding hydrogens is 256 g/mol. The third kappa shape index (κ3) is 3.76. The Morgan fingerprint density at radius 3 is 2.45 bits per heavy atom. The van der Waals surface area contributed by atoms with Gasteiger partial charge in [-0.1, -0.05) is 0 Å². The van der Waals surface area contributed by atoms with Crippen molar-refractivity contribution in [2.45, 2.75) is 39.3 Å². The fourth-order valence-corrected chi connectivity index (χ4v) is 2.33. The van der Waals surface area contributed by atoms with Crippen molar-refractivity contribution in [1.82, 2.24) is 9.80 Å². The van der Waals surface area contributed by atoms with Crippen molar-refractivity contribution in [2.75, 3.05) is 26.2 Å². The molecule has 20 heavy (non-hydrogen) atoms. The SMILES string of the molecule is C[C@H](c1ccco1)N1CCN(C(=O)OC(C)(C)C)CC1. The van der Waals surface area contributed by atoms with Gasteiger partial charge in [-0.2, -0.15) is 0 Å². The summed E-state index contributed by atoms with van der Waals surface area (Å²) in [6.45, 7) is 10.9. The van der Waals surface area contributed by atoms with Crippen molar-refractivity contribution in [3.8, 4) is 0 Å². The predicted octanol–water partition coefficient (Wildman–Crippen LogP) is 2.89. The van der Waals surface area contributed by atoms with Crippen LogP contribution in [0.25, 0.3) is 0 Å². The molecule has 2 rings (SSSR count). The van der Waals surface area contributed by atoms with Crippen LogP contribution in [0.4, 0.5) is 4.79 Å². The minimum absolute atomic E-state index is 0.220. The molecule has 0 aromatic carbocycles. The fraction of sp³-hybridized carbons (Fsp3) is 0.667. The van der Waals surface area contributed by atoms with Crippen molar-refractivity contribution < 1.29 is 13.9 Å². The highest BCUT2D eigenvalue weighted by Gasteiger charge is 2.28. The van der Waals surface area contributed by atoms with Gasteiger partial charge in [-0.3, -0.25) is 4.90 Å². The zero-order chi connectivity index (χ0) is 14.8. The van der Waals surface area contributed by atoms with E-state index in [1.54, 1.807) is 11.2 Å². The third-order valence-corrected chi connectivity index (χ3v) is 3.47. The summed E-state index contributed by atoms with van der Waals surface area (Å²) in [6.07, 6.45) is 1.48.